The van der Waals surface area contributed by atoms with Crippen LogP contribution in [0.1, 0.15) is 34.5 Å². The summed E-state index contributed by atoms with van der Waals surface area (Å²) in [6.07, 6.45) is 6.29. The first-order valence-electron chi connectivity index (χ1n) is 12.9. The maximum atomic E-state index is 13.2. The quantitative estimate of drug-likeness (QED) is 0.340. The number of likely N-dealkylation sites (N-methyl/N-ethyl adjacent to an activating group) is 1. The Kier molecular flexibility index (Phi) is 7.70. The molecule has 1 aliphatic rings. The number of furan rings is 1. The number of H-pyrrole nitrogens is 1. The molecule has 192 valence electrons. The van der Waals surface area contributed by atoms with Gasteiger partial charge in [-0.2, -0.15) is 5.10 Å². The van der Waals surface area contributed by atoms with Crippen LogP contribution in [0.5, 0.6) is 5.75 Å². The van der Waals surface area contributed by atoms with Crippen molar-refractivity contribution in [2.24, 2.45) is 5.92 Å². The zero-order valence-corrected chi connectivity index (χ0v) is 21.5. The SMILES string of the molecule is COc1cccc(C[C@H](C2CCN(Cc3cn[nH]c3-c3ccccc3)CC2)N(C)C(=O)c2ccco2)c1. The maximum Gasteiger partial charge on any atom is 0.289 e. The van der Waals surface area contributed by atoms with Crippen LogP contribution in [0.15, 0.2) is 83.6 Å². The first kappa shape index (κ1) is 24.8. The molecule has 5 rings (SSSR count). The number of rotatable bonds is 9. The second-order valence-electron chi connectivity index (χ2n) is 9.77. The second kappa shape index (κ2) is 11.5. The number of nitrogens with zero attached hydrogens (tertiary/aromatic N) is 3. The van der Waals surface area contributed by atoms with E-state index in [4.69, 9.17) is 9.15 Å². The number of ether oxygens (including phenoxy) is 1. The van der Waals surface area contributed by atoms with Crippen LogP contribution in [0, 0.1) is 5.92 Å². The molecule has 0 radical (unpaired) electrons. The number of hydrogen-bond donors (Lipinski definition) is 1. The van der Waals surface area contributed by atoms with Gasteiger partial charge >= 0.3 is 0 Å². The minimum Gasteiger partial charge on any atom is -0.497 e. The van der Waals surface area contributed by atoms with Crippen molar-refractivity contribution in [3.05, 3.63) is 96.1 Å². The van der Waals surface area contributed by atoms with Crippen LogP contribution in [0.2, 0.25) is 0 Å². The Bertz CT molecular complexity index is 1280. The van der Waals surface area contributed by atoms with Crippen LogP contribution in [-0.4, -0.2) is 59.2 Å². The summed E-state index contributed by atoms with van der Waals surface area (Å²) < 4.78 is 10.9. The third-order valence-corrected chi connectivity index (χ3v) is 7.48. The Hall–Kier alpha value is -3.84. The lowest BCUT2D eigenvalue weighted by molar-refractivity contribution is 0.0556. The molecule has 3 heterocycles. The number of methoxy groups -OCH3 is 1. The molecule has 0 unspecified atom stereocenters. The zero-order chi connectivity index (χ0) is 25.6. The molecule has 1 aliphatic heterocycles. The number of piperidine rings is 1. The van der Waals surface area contributed by atoms with Crippen molar-refractivity contribution in [1.82, 2.24) is 20.0 Å². The van der Waals surface area contributed by atoms with Gasteiger partial charge in [0.25, 0.3) is 5.91 Å². The summed E-state index contributed by atoms with van der Waals surface area (Å²) in [4.78, 5) is 17.6. The van der Waals surface area contributed by atoms with E-state index in [0.29, 0.717) is 11.7 Å². The van der Waals surface area contributed by atoms with Gasteiger partial charge in [0.2, 0.25) is 0 Å². The van der Waals surface area contributed by atoms with Gasteiger partial charge in [0, 0.05) is 25.2 Å². The molecular formula is C30H34N4O3. The topological polar surface area (TPSA) is 74.6 Å². The summed E-state index contributed by atoms with van der Waals surface area (Å²) in [6.45, 7) is 2.80. The molecular weight excluding hydrogens is 464 g/mol. The van der Waals surface area contributed by atoms with E-state index < -0.39 is 0 Å². The number of likely N-dealkylation sites (tertiary alicyclic amines) is 1. The molecule has 2 aromatic carbocycles. The fourth-order valence-corrected chi connectivity index (χ4v) is 5.41. The van der Waals surface area contributed by atoms with Gasteiger partial charge in [-0.05, 0) is 73.7 Å². The minimum absolute atomic E-state index is 0.0562. The Labute approximate surface area is 218 Å². The third-order valence-electron chi connectivity index (χ3n) is 7.48. The van der Waals surface area contributed by atoms with Gasteiger partial charge in [-0.25, -0.2) is 0 Å². The molecule has 1 N–H and O–H groups in total. The van der Waals surface area contributed by atoms with Crippen LogP contribution in [0.25, 0.3) is 11.3 Å². The Morgan fingerprint density at radius 2 is 1.95 bits per heavy atom. The van der Waals surface area contributed by atoms with Crippen molar-refractivity contribution in [2.75, 3.05) is 27.2 Å². The Morgan fingerprint density at radius 3 is 2.68 bits per heavy atom. The summed E-state index contributed by atoms with van der Waals surface area (Å²) >= 11 is 0. The molecule has 0 spiro atoms. The van der Waals surface area contributed by atoms with E-state index in [1.165, 1.54) is 5.56 Å². The van der Waals surface area contributed by atoms with Crippen LogP contribution < -0.4 is 4.74 Å². The Balaban J connectivity index is 1.29. The summed E-state index contributed by atoms with van der Waals surface area (Å²) in [5, 5.41) is 7.50. The molecule has 1 amide bonds. The van der Waals surface area contributed by atoms with E-state index in [0.717, 1.165) is 61.5 Å². The smallest absolute Gasteiger partial charge is 0.289 e. The van der Waals surface area contributed by atoms with Crippen molar-refractivity contribution >= 4 is 5.91 Å². The highest BCUT2D eigenvalue weighted by atomic mass is 16.5. The average molecular weight is 499 g/mol. The molecule has 7 heteroatoms. The van der Waals surface area contributed by atoms with Crippen molar-refractivity contribution < 1.29 is 13.9 Å². The summed E-state index contributed by atoms with van der Waals surface area (Å²) in [5.74, 6) is 1.51. The van der Waals surface area contributed by atoms with Gasteiger partial charge < -0.3 is 14.1 Å². The number of hydrogen-bond acceptors (Lipinski definition) is 5. The van der Waals surface area contributed by atoms with E-state index in [1.54, 1.807) is 25.5 Å². The molecule has 4 aromatic rings. The lowest BCUT2D eigenvalue weighted by Crippen LogP contribution is -2.47. The van der Waals surface area contributed by atoms with Crippen molar-refractivity contribution in [3.8, 4) is 17.0 Å². The molecule has 2 aromatic heterocycles. The molecule has 1 fully saturated rings. The summed E-state index contributed by atoms with van der Waals surface area (Å²) in [5.41, 5.74) is 4.61. The van der Waals surface area contributed by atoms with Crippen molar-refractivity contribution in [3.63, 3.8) is 0 Å². The van der Waals surface area contributed by atoms with E-state index in [9.17, 15) is 4.79 Å². The van der Waals surface area contributed by atoms with Crippen LogP contribution in [0.3, 0.4) is 0 Å². The highest BCUT2D eigenvalue weighted by Gasteiger charge is 2.33. The summed E-state index contributed by atoms with van der Waals surface area (Å²) in [6, 6.07) is 22.0. The van der Waals surface area contributed by atoms with Crippen molar-refractivity contribution in [1.29, 1.82) is 0 Å². The van der Waals surface area contributed by atoms with E-state index in [2.05, 4.69) is 51.5 Å². The Morgan fingerprint density at radius 1 is 1.14 bits per heavy atom. The third kappa shape index (κ3) is 5.78. The van der Waals surface area contributed by atoms with Crippen molar-refractivity contribution in [2.45, 2.75) is 31.8 Å². The van der Waals surface area contributed by atoms with E-state index in [1.807, 2.05) is 36.3 Å². The van der Waals surface area contributed by atoms with Crippen LogP contribution in [0.4, 0.5) is 0 Å². The average Bonchev–Trinajstić information content (AvgIpc) is 3.65. The van der Waals surface area contributed by atoms with Crippen LogP contribution in [-0.2, 0) is 13.0 Å². The lowest BCUT2D eigenvalue weighted by Gasteiger charge is -2.40. The first-order chi connectivity index (χ1) is 18.1. The molecule has 1 atom stereocenters. The minimum atomic E-state index is -0.0776. The molecule has 0 aliphatic carbocycles. The van der Waals surface area contributed by atoms with Gasteiger partial charge in [-0.3, -0.25) is 14.8 Å². The van der Waals surface area contributed by atoms with Crippen LogP contribution >= 0.6 is 0 Å². The number of nitrogens with one attached hydrogen (secondary N) is 1. The van der Waals surface area contributed by atoms with Gasteiger partial charge in [-0.15, -0.1) is 0 Å². The molecule has 0 saturated carbocycles. The fraction of sp³-hybridized carbons (Fsp3) is 0.333. The normalized spacial score (nSPS) is 15.4. The van der Waals surface area contributed by atoms with Gasteiger partial charge in [0.15, 0.2) is 5.76 Å². The number of aromatic nitrogens is 2. The highest BCUT2D eigenvalue weighted by molar-refractivity contribution is 5.91. The van der Waals surface area contributed by atoms with E-state index >= 15 is 0 Å². The largest absolute Gasteiger partial charge is 0.497 e. The predicted octanol–water partition coefficient (Wildman–Crippen LogP) is 5.27. The number of benzene rings is 2. The van der Waals surface area contributed by atoms with Gasteiger partial charge in [0.1, 0.15) is 5.75 Å². The van der Waals surface area contributed by atoms with Gasteiger partial charge in [0.05, 0.1) is 25.3 Å². The number of amides is 1. The monoisotopic (exact) mass is 498 g/mol. The highest BCUT2D eigenvalue weighted by Crippen LogP contribution is 2.30. The molecule has 7 nitrogen and oxygen atoms in total. The lowest BCUT2D eigenvalue weighted by atomic mass is 9.84. The zero-order valence-electron chi connectivity index (χ0n) is 21.5. The standard InChI is InChI=1S/C30H34N4O3/c1-33(30(35)28-12-7-17-37-28)27(19-22-8-6-11-26(18-22)36-2)23-13-15-34(16-14-23)21-25-20-31-32-29(25)24-9-4-3-5-10-24/h3-12,17-18,20,23,27H,13-16,19,21H2,1-2H3,(H,31,32)/t27-/m1/s1. The van der Waals surface area contributed by atoms with Gasteiger partial charge in [-0.1, -0.05) is 42.5 Å². The summed E-state index contributed by atoms with van der Waals surface area (Å²) in [7, 11) is 3.59. The number of aromatic amines is 1. The first-order valence-corrected chi connectivity index (χ1v) is 12.9. The molecule has 1 saturated heterocycles. The fourth-order valence-electron chi connectivity index (χ4n) is 5.41. The number of carbonyl (C=O) groups is 1. The second-order valence-corrected chi connectivity index (χ2v) is 9.77. The number of carbonyl (C=O) groups excluding carboxylic acids is 1. The molecule has 37 heavy (non-hydrogen) atoms. The predicted molar refractivity (Wildman–Crippen MR) is 143 cm³/mol. The molecule has 0 bridgehead atoms. The van der Waals surface area contributed by atoms with E-state index in [-0.39, 0.29) is 11.9 Å². The maximum absolute atomic E-state index is 13.2.